The van der Waals surface area contributed by atoms with E-state index in [1.165, 1.54) is 11.0 Å². The van der Waals surface area contributed by atoms with Gasteiger partial charge in [0.25, 0.3) is 6.71 Å². The molecule has 21 heavy (non-hydrogen) atoms. The van der Waals surface area contributed by atoms with Crippen molar-refractivity contribution in [3.8, 4) is 5.97 Å². The Hall–Kier alpha value is -0.225. The highest BCUT2D eigenvalue weighted by Gasteiger charge is 2.34. The van der Waals surface area contributed by atoms with Crippen LogP contribution in [0.5, 0.6) is 0 Å². The van der Waals surface area contributed by atoms with Gasteiger partial charge in [0, 0.05) is 17.6 Å². The third-order valence-corrected chi connectivity index (χ3v) is 4.99. The molecule has 9 heteroatoms. The van der Waals surface area contributed by atoms with E-state index in [0.29, 0.717) is 12.7 Å². The quantitative estimate of drug-likeness (QED) is 0.609. The average Bonchev–Trinajstić information content (AvgIpc) is 2.96. The molecule has 2 atom stereocenters. The summed E-state index contributed by atoms with van der Waals surface area (Å²) in [5.41, 5.74) is 0. The molecule has 3 rings (SSSR count). The number of hydrogen-bond acceptors (Lipinski definition) is 4. The lowest BCUT2D eigenvalue weighted by Gasteiger charge is -2.27. The Kier molecular flexibility index (Phi) is 6.42. The summed E-state index contributed by atoms with van der Waals surface area (Å²) >= 11 is 4.97. The molecular formula is C12H13BBrClFN3S2. The highest BCUT2D eigenvalue weighted by Crippen LogP contribution is 2.34. The molecule has 2 aromatic rings. The maximum Gasteiger partial charge on any atom is 0.270 e. The van der Waals surface area contributed by atoms with Gasteiger partial charge in [-0.3, -0.25) is 4.68 Å². The van der Waals surface area contributed by atoms with Crippen molar-refractivity contribution in [2.75, 3.05) is 6.26 Å². The fraction of sp³-hybridized carbons (Fsp3) is 0.500. The molecule has 1 aliphatic rings. The molecule has 0 radical (unpaired) electrons. The maximum atomic E-state index is 14.1. The number of nitrogens with zero attached hydrogens (tertiary/aromatic N) is 3. The van der Waals surface area contributed by atoms with Crippen LogP contribution in [0.3, 0.4) is 0 Å². The first-order valence-electron chi connectivity index (χ1n) is 6.41. The summed E-state index contributed by atoms with van der Waals surface area (Å²) in [4.78, 5) is 0.927. The fourth-order valence-electron chi connectivity index (χ4n) is 2.50. The molecule has 0 spiro atoms. The Bertz CT molecular complexity index is 613. The molecule has 0 aromatic carbocycles. The van der Waals surface area contributed by atoms with Gasteiger partial charge in [0.15, 0.2) is 0 Å². The Morgan fingerprint density at radius 2 is 2.43 bits per heavy atom. The number of rotatable bonds is 1. The Labute approximate surface area is 144 Å². The van der Waals surface area contributed by atoms with Gasteiger partial charge in [-0.2, -0.15) is 5.10 Å². The van der Waals surface area contributed by atoms with Crippen LogP contribution in [0.15, 0.2) is 16.0 Å². The lowest BCUT2D eigenvalue weighted by molar-refractivity contribution is 0.221. The van der Waals surface area contributed by atoms with Crippen LogP contribution >= 0.6 is 48.9 Å². The average molecular weight is 409 g/mol. The second-order valence-corrected chi connectivity index (χ2v) is 8.44. The monoisotopic (exact) mass is 407 g/mol. The largest absolute Gasteiger partial charge is 0.270 e. The molecule has 3 nitrogen and oxygen atoms in total. The van der Waals surface area contributed by atoms with Crippen LogP contribution in [0.2, 0.25) is 12.6 Å². The van der Waals surface area contributed by atoms with Crippen molar-refractivity contribution < 1.29 is 4.39 Å². The number of nitriles is 1. The number of halogens is 3. The third-order valence-electron chi connectivity index (χ3n) is 3.45. The minimum absolute atomic E-state index is 0.137. The first-order chi connectivity index (χ1) is 10.1. The van der Waals surface area contributed by atoms with Crippen LogP contribution < -0.4 is 0 Å². The zero-order valence-corrected chi connectivity index (χ0v) is 15.3. The van der Waals surface area contributed by atoms with E-state index in [1.807, 2.05) is 18.5 Å². The van der Waals surface area contributed by atoms with Gasteiger partial charge < -0.3 is 0 Å². The van der Waals surface area contributed by atoms with E-state index in [1.54, 1.807) is 16.0 Å². The molecule has 0 saturated carbocycles. The van der Waals surface area contributed by atoms with Gasteiger partial charge in [-0.25, -0.2) is 9.65 Å². The molecule has 0 aliphatic carbocycles. The smallest absolute Gasteiger partial charge is 0.265 e. The molecule has 2 aromatic heterocycles. The van der Waals surface area contributed by atoms with Crippen LogP contribution in [0.1, 0.15) is 12.5 Å². The third kappa shape index (κ3) is 4.16. The van der Waals surface area contributed by atoms with Gasteiger partial charge in [0.05, 0.1) is 9.83 Å². The van der Waals surface area contributed by atoms with Crippen molar-refractivity contribution in [3.63, 3.8) is 0 Å². The maximum absolute atomic E-state index is 14.1. The lowest BCUT2D eigenvalue weighted by atomic mass is 9.42. The molecule has 0 N–H and O–H groups in total. The minimum Gasteiger partial charge on any atom is -0.265 e. The molecule has 1 saturated heterocycles. The van der Waals surface area contributed by atoms with Crippen LogP contribution in [0.4, 0.5) is 4.39 Å². The van der Waals surface area contributed by atoms with Crippen molar-refractivity contribution in [2.24, 2.45) is 0 Å². The number of alkyl halides is 1. The van der Waals surface area contributed by atoms with E-state index in [2.05, 4.69) is 27.0 Å². The molecular weight excluding hydrogens is 395 g/mol. The highest BCUT2D eigenvalue weighted by atomic mass is 79.9. The van der Waals surface area contributed by atoms with Gasteiger partial charge in [-0.1, -0.05) is 17.3 Å². The predicted molar refractivity (Wildman–Crippen MR) is 94.2 cm³/mol. The second-order valence-electron chi connectivity index (χ2n) is 4.80. The summed E-state index contributed by atoms with van der Waals surface area (Å²) in [5, 5.41) is 14.3. The minimum atomic E-state index is -0.971. The van der Waals surface area contributed by atoms with Crippen molar-refractivity contribution in [3.05, 3.63) is 16.0 Å². The van der Waals surface area contributed by atoms with E-state index in [9.17, 15) is 4.39 Å². The van der Waals surface area contributed by atoms with Gasteiger partial charge in [0.2, 0.25) is 0 Å². The van der Waals surface area contributed by atoms with Crippen LogP contribution in [0, 0.1) is 11.2 Å². The summed E-state index contributed by atoms with van der Waals surface area (Å²) in [5.74, 6) is 2.16. The Morgan fingerprint density at radius 1 is 1.71 bits per heavy atom. The zero-order chi connectivity index (χ0) is 15.4. The summed E-state index contributed by atoms with van der Waals surface area (Å²) in [6, 6.07) is 1.78. The number of hydrogen-bond donors (Lipinski definition) is 0. The van der Waals surface area contributed by atoms with E-state index in [4.69, 9.17) is 15.9 Å². The number of thiophene rings is 1. The molecule has 1 aliphatic heterocycles. The summed E-state index contributed by atoms with van der Waals surface area (Å²) in [6.07, 6.45) is 4.52. The van der Waals surface area contributed by atoms with Crippen LogP contribution in [-0.2, 0) is 0 Å². The molecule has 0 amide bonds. The standard InChI is InChI=1S/C11H10BBrFN3S.CH3ClS/c13-10-3-7-5-17(16-11(7)18-10)9-1-2-12(6-15)4-8(9)14;1-3-2/h3,5,8-9H,1-2,4H2;1H3. The van der Waals surface area contributed by atoms with E-state index >= 15 is 0 Å². The number of fused-ring (bicyclic) bond motifs is 1. The van der Waals surface area contributed by atoms with Gasteiger partial charge in [0.1, 0.15) is 11.0 Å². The predicted octanol–water partition coefficient (Wildman–Crippen LogP) is 5.20. The van der Waals surface area contributed by atoms with Gasteiger partial charge in [-0.05, 0) is 51.7 Å². The summed E-state index contributed by atoms with van der Waals surface area (Å²) < 4.78 is 16.8. The van der Waals surface area contributed by atoms with Crippen molar-refractivity contribution in [1.82, 2.24) is 9.78 Å². The Balaban J connectivity index is 0.000000497. The molecule has 0 bridgehead atoms. The number of aromatic nitrogens is 2. The van der Waals surface area contributed by atoms with Gasteiger partial charge in [-0.15, -0.1) is 11.3 Å². The molecule has 2 unspecified atom stereocenters. The first-order valence-corrected chi connectivity index (χ1v) is 10.1. The van der Waals surface area contributed by atoms with Crippen LogP contribution in [0.25, 0.3) is 10.2 Å². The topological polar surface area (TPSA) is 41.6 Å². The summed E-state index contributed by atoms with van der Waals surface area (Å²) in [7, 11) is 6.14. The second kappa shape index (κ2) is 7.86. The fourth-order valence-corrected chi connectivity index (χ4v) is 3.94. The van der Waals surface area contributed by atoms with E-state index in [-0.39, 0.29) is 12.8 Å². The SMILES string of the molecule is CSCl.N#CB1CCC(n2cc3cc(Br)sc3n2)C(F)C1. The molecule has 3 heterocycles. The normalized spacial score (nSPS) is 21.8. The summed E-state index contributed by atoms with van der Waals surface area (Å²) in [6.45, 7) is -0.137. The highest BCUT2D eigenvalue weighted by molar-refractivity contribution is 9.11. The molecule has 112 valence electrons. The van der Waals surface area contributed by atoms with Gasteiger partial charge >= 0.3 is 0 Å². The van der Waals surface area contributed by atoms with Crippen molar-refractivity contribution >= 4 is 65.9 Å². The van der Waals surface area contributed by atoms with Crippen LogP contribution in [-0.4, -0.2) is 28.9 Å². The lowest BCUT2D eigenvalue weighted by Crippen LogP contribution is -2.32. The Morgan fingerprint density at radius 3 is 3.00 bits per heavy atom. The van der Waals surface area contributed by atoms with E-state index in [0.717, 1.165) is 20.3 Å². The van der Waals surface area contributed by atoms with Crippen molar-refractivity contribution in [1.29, 1.82) is 5.26 Å². The zero-order valence-electron chi connectivity index (χ0n) is 11.3. The first kappa shape index (κ1) is 17.1. The molecule has 1 fully saturated rings. The van der Waals surface area contributed by atoms with E-state index < -0.39 is 6.17 Å². The van der Waals surface area contributed by atoms with Crippen molar-refractivity contribution in [2.45, 2.75) is 31.3 Å².